The van der Waals surface area contributed by atoms with Gasteiger partial charge in [-0.15, -0.1) is 0 Å². The van der Waals surface area contributed by atoms with E-state index in [0.717, 1.165) is 31.8 Å². The number of nitrogens with two attached hydrogens (primary N) is 1. The molecule has 0 saturated carbocycles. The number of aromatic nitrogens is 2. The minimum Gasteiger partial charge on any atom is -0.337 e. The second kappa shape index (κ2) is 5.78. The van der Waals surface area contributed by atoms with E-state index in [1.807, 2.05) is 24.0 Å². The molecule has 14 heavy (non-hydrogen) atoms. The monoisotopic (exact) mass is 196 g/mol. The molecule has 3 N–H and O–H groups in total. The molecule has 1 heterocycles. The Bertz CT molecular complexity index is 256. The van der Waals surface area contributed by atoms with Gasteiger partial charge in [-0.1, -0.05) is 0 Å². The predicted octanol–water partition coefficient (Wildman–Crippen LogP) is 0.810. The maximum Gasteiger partial charge on any atom is 0.125 e. The van der Waals surface area contributed by atoms with Crippen molar-refractivity contribution in [1.82, 2.24) is 14.9 Å². The van der Waals surface area contributed by atoms with E-state index in [-0.39, 0.29) is 0 Å². The molecule has 0 spiro atoms. The van der Waals surface area contributed by atoms with Gasteiger partial charge in [0.2, 0.25) is 0 Å². The van der Waals surface area contributed by atoms with Crippen LogP contribution in [0, 0.1) is 0 Å². The zero-order chi connectivity index (χ0) is 10.4. The number of imidazole rings is 1. The molecular weight excluding hydrogens is 176 g/mol. The van der Waals surface area contributed by atoms with Crippen LogP contribution in [0.1, 0.15) is 31.6 Å². The molecule has 0 bridgehead atoms. The Morgan fingerprint density at radius 3 is 2.93 bits per heavy atom. The van der Waals surface area contributed by atoms with E-state index < -0.39 is 0 Å². The summed E-state index contributed by atoms with van der Waals surface area (Å²) in [5.74, 6) is 1.08. The number of hydrogen-bond acceptors (Lipinski definition) is 3. The van der Waals surface area contributed by atoms with Crippen LogP contribution in [0.15, 0.2) is 12.4 Å². The summed E-state index contributed by atoms with van der Waals surface area (Å²) in [6.07, 6.45) is 6.01. The standard InChI is InChI=1S/C10H20N4/c1-9(12-6-4-3-5-11)10-13-7-8-14(10)2/h7-9,12H,3-6,11H2,1-2H3. The largest absolute Gasteiger partial charge is 0.337 e. The average molecular weight is 196 g/mol. The Balaban J connectivity index is 2.28. The molecule has 1 atom stereocenters. The van der Waals surface area contributed by atoms with Crippen molar-refractivity contribution in [1.29, 1.82) is 0 Å². The summed E-state index contributed by atoms with van der Waals surface area (Å²) in [6.45, 7) is 3.91. The van der Waals surface area contributed by atoms with Crippen LogP contribution < -0.4 is 11.1 Å². The van der Waals surface area contributed by atoms with Crippen molar-refractivity contribution in [2.24, 2.45) is 12.8 Å². The number of rotatable bonds is 6. The van der Waals surface area contributed by atoms with Crippen LogP contribution in [0.5, 0.6) is 0 Å². The first-order valence-electron chi connectivity index (χ1n) is 5.16. The molecule has 0 fully saturated rings. The predicted molar refractivity (Wildman–Crippen MR) is 57.9 cm³/mol. The van der Waals surface area contributed by atoms with Gasteiger partial charge in [0, 0.05) is 19.4 Å². The van der Waals surface area contributed by atoms with E-state index in [9.17, 15) is 0 Å². The lowest BCUT2D eigenvalue weighted by molar-refractivity contribution is 0.514. The van der Waals surface area contributed by atoms with Crippen molar-refractivity contribution in [3.05, 3.63) is 18.2 Å². The van der Waals surface area contributed by atoms with Gasteiger partial charge in [-0.05, 0) is 32.9 Å². The highest BCUT2D eigenvalue weighted by atomic mass is 15.1. The summed E-state index contributed by atoms with van der Waals surface area (Å²) in [7, 11) is 2.01. The highest BCUT2D eigenvalue weighted by Gasteiger charge is 2.07. The normalized spacial score (nSPS) is 13.1. The third kappa shape index (κ3) is 3.12. The molecule has 1 aromatic heterocycles. The van der Waals surface area contributed by atoms with Crippen LogP contribution >= 0.6 is 0 Å². The molecule has 4 heteroatoms. The van der Waals surface area contributed by atoms with Gasteiger partial charge in [0.05, 0.1) is 6.04 Å². The van der Waals surface area contributed by atoms with Crippen molar-refractivity contribution < 1.29 is 0 Å². The minimum atomic E-state index is 0.313. The van der Waals surface area contributed by atoms with Gasteiger partial charge in [-0.3, -0.25) is 0 Å². The number of nitrogens with one attached hydrogen (secondary N) is 1. The molecule has 0 amide bonds. The molecule has 0 aliphatic heterocycles. The van der Waals surface area contributed by atoms with E-state index in [1.54, 1.807) is 0 Å². The molecule has 0 aliphatic carbocycles. The lowest BCUT2D eigenvalue weighted by atomic mass is 10.2. The SMILES string of the molecule is CC(NCCCCN)c1nccn1C. The topological polar surface area (TPSA) is 55.9 Å². The third-order valence-electron chi connectivity index (χ3n) is 2.33. The maximum atomic E-state index is 5.42. The zero-order valence-electron chi connectivity index (χ0n) is 9.03. The van der Waals surface area contributed by atoms with Gasteiger partial charge >= 0.3 is 0 Å². The molecule has 1 rings (SSSR count). The van der Waals surface area contributed by atoms with Crippen molar-refractivity contribution >= 4 is 0 Å². The van der Waals surface area contributed by atoms with Crippen molar-refractivity contribution in [3.8, 4) is 0 Å². The first-order chi connectivity index (χ1) is 6.75. The van der Waals surface area contributed by atoms with Gasteiger partial charge in [0.15, 0.2) is 0 Å². The van der Waals surface area contributed by atoms with Crippen LogP contribution in [0.2, 0.25) is 0 Å². The Labute approximate surface area is 85.5 Å². The van der Waals surface area contributed by atoms with Gasteiger partial charge in [0.1, 0.15) is 5.82 Å². The van der Waals surface area contributed by atoms with E-state index in [2.05, 4.69) is 17.2 Å². The van der Waals surface area contributed by atoms with E-state index in [0.29, 0.717) is 6.04 Å². The fourth-order valence-corrected chi connectivity index (χ4v) is 1.47. The summed E-state index contributed by atoms with van der Waals surface area (Å²) in [6, 6.07) is 0.313. The molecule has 0 saturated heterocycles. The van der Waals surface area contributed by atoms with Crippen LogP contribution in [0.25, 0.3) is 0 Å². The van der Waals surface area contributed by atoms with Crippen LogP contribution in [0.3, 0.4) is 0 Å². The fourth-order valence-electron chi connectivity index (χ4n) is 1.47. The molecule has 0 aliphatic rings. The summed E-state index contributed by atoms with van der Waals surface area (Å²) < 4.78 is 2.04. The molecule has 0 radical (unpaired) electrons. The molecule has 0 aromatic carbocycles. The second-order valence-corrected chi connectivity index (χ2v) is 3.57. The summed E-state index contributed by atoms with van der Waals surface area (Å²) in [5.41, 5.74) is 5.42. The van der Waals surface area contributed by atoms with Gasteiger partial charge in [-0.25, -0.2) is 4.98 Å². The van der Waals surface area contributed by atoms with Gasteiger partial charge in [-0.2, -0.15) is 0 Å². The lowest BCUT2D eigenvalue weighted by Gasteiger charge is -2.13. The first-order valence-corrected chi connectivity index (χ1v) is 5.16. The maximum absolute atomic E-state index is 5.42. The minimum absolute atomic E-state index is 0.313. The van der Waals surface area contributed by atoms with E-state index in [1.165, 1.54) is 0 Å². The second-order valence-electron chi connectivity index (χ2n) is 3.57. The smallest absolute Gasteiger partial charge is 0.125 e. The Morgan fingerprint density at radius 2 is 2.36 bits per heavy atom. The average Bonchev–Trinajstić information content (AvgIpc) is 2.59. The van der Waals surface area contributed by atoms with E-state index >= 15 is 0 Å². The first kappa shape index (κ1) is 11.2. The molecule has 4 nitrogen and oxygen atoms in total. The molecule has 1 aromatic rings. The third-order valence-corrected chi connectivity index (χ3v) is 2.33. The van der Waals surface area contributed by atoms with Crippen LogP contribution in [0.4, 0.5) is 0 Å². The van der Waals surface area contributed by atoms with Crippen molar-refractivity contribution in [3.63, 3.8) is 0 Å². The Morgan fingerprint density at radius 1 is 1.57 bits per heavy atom. The fraction of sp³-hybridized carbons (Fsp3) is 0.700. The quantitative estimate of drug-likeness (QED) is 0.662. The van der Waals surface area contributed by atoms with Crippen molar-refractivity contribution in [2.75, 3.05) is 13.1 Å². The zero-order valence-corrected chi connectivity index (χ0v) is 9.03. The Kier molecular flexibility index (Phi) is 4.62. The highest BCUT2D eigenvalue weighted by molar-refractivity contribution is 4.96. The summed E-state index contributed by atoms with van der Waals surface area (Å²) >= 11 is 0. The molecular formula is C10H20N4. The number of hydrogen-bond donors (Lipinski definition) is 2. The molecule has 80 valence electrons. The van der Waals surface area contributed by atoms with Gasteiger partial charge in [0.25, 0.3) is 0 Å². The van der Waals surface area contributed by atoms with Crippen molar-refractivity contribution in [2.45, 2.75) is 25.8 Å². The number of aryl methyl sites for hydroxylation is 1. The van der Waals surface area contributed by atoms with Gasteiger partial charge < -0.3 is 15.6 Å². The van der Waals surface area contributed by atoms with Crippen LogP contribution in [-0.4, -0.2) is 22.6 Å². The lowest BCUT2D eigenvalue weighted by Crippen LogP contribution is -2.22. The Hall–Kier alpha value is -0.870. The molecule has 1 unspecified atom stereocenters. The number of unbranched alkanes of at least 4 members (excludes halogenated alkanes) is 1. The summed E-state index contributed by atoms with van der Waals surface area (Å²) in [5, 5.41) is 3.42. The van der Waals surface area contributed by atoms with Crippen LogP contribution in [-0.2, 0) is 7.05 Å². The summed E-state index contributed by atoms with van der Waals surface area (Å²) in [4.78, 5) is 4.29. The highest BCUT2D eigenvalue weighted by Crippen LogP contribution is 2.07. The number of nitrogens with zero attached hydrogens (tertiary/aromatic N) is 2. The van der Waals surface area contributed by atoms with E-state index in [4.69, 9.17) is 5.73 Å².